The summed E-state index contributed by atoms with van der Waals surface area (Å²) in [6.45, 7) is 2.35. The molecule has 24 heavy (non-hydrogen) atoms. The molecule has 0 spiro atoms. The molecule has 122 valence electrons. The Balaban J connectivity index is 1.34. The molecule has 2 aliphatic heterocycles. The predicted octanol–water partition coefficient (Wildman–Crippen LogP) is 2.59. The molecule has 2 unspecified atom stereocenters. The lowest BCUT2D eigenvalue weighted by atomic mass is 10.1. The Morgan fingerprint density at radius 3 is 3.12 bits per heavy atom. The molecule has 1 aromatic heterocycles. The third-order valence-corrected chi connectivity index (χ3v) is 6.28. The molecule has 2 aromatic rings. The molecular weight excluding hydrogens is 324 g/mol. The smallest absolute Gasteiger partial charge is 0.311 e. The molecule has 1 aliphatic carbocycles. The molecule has 0 radical (unpaired) electrons. The van der Waals surface area contributed by atoms with Gasteiger partial charge in [-0.25, -0.2) is 9.97 Å². The fourth-order valence-corrected chi connectivity index (χ4v) is 4.76. The number of rotatable bonds is 3. The van der Waals surface area contributed by atoms with Crippen LogP contribution in [0.2, 0.25) is 0 Å². The second kappa shape index (κ2) is 4.94. The number of aromatic nitrogens is 2. The molecule has 2 N–H and O–H groups in total. The normalized spacial score (nSPS) is 26.9. The number of nitrogens with zero attached hydrogens (tertiary/aromatic N) is 3. The zero-order valence-corrected chi connectivity index (χ0v) is 13.7. The first-order valence-corrected chi connectivity index (χ1v) is 8.80. The summed E-state index contributed by atoms with van der Waals surface area (Å²) in [6, 6.07) is 6.35. The van der Waals surface area contributed by atoms with Crippen molar-refractivity contribution in [1.29, 1.82) is 0 Å². The largest absolute Gasteiger partial charge is 0.481 e. The van der Waals surface area contributed by atoms with Gasteiger partial charge in [0.05, 0.1) is 11.1 Å². The topological polar surface area (TPSA) is 78.4 Å². The minimum Gasteiger partial charge on any atom is -0.481 e. The van der Waals surface area contributed by atoms with Crippen molar-refractivity contribution in [3.8, 4) is 0 Å². The Hall–Kier alpha value is -2.12. The zero-order valence-electron chi connectivity index (χ0n) is 12.9. The number of nitrogens with one attached hydrogen (secondary N) is 1. The van der Waals surface area contributed by atoms with Gasteiger partial charge in [0.15, 0.2) is 5.82 Å². The molecule has 1 saturated heterocycles. The molecule has 0 amide bonds. The van der Waals surface area contributed by atoms with Crippen molar-refractivity contribution < 1.29 is 9.90 Å². The van der Waals surface area contributed by atoms with Crippen LogP contribution in [0.4, 0.5) is 11.5 Å². The van der Waals surface area contributed by atoms with Crippen LogP contribution in [-0.4, -0.2) is 39.0 Å². The Kier molecular flexibility index (Phi) is 2.93. The summed E-state index contributed by atoms with van der Waals surface area (Å²) in [5.74, 6) is 0.497. The number of carbonyl (C=O) groups is 1. The zero-order chi connectivity index (χ0) is 16.3. The number of anilines is 2. The van der Waals surface area contributed by atoms with Crippen molar-refractivity contribution in [1.82, 2.24) is 14.9 Å². The van der Waals surface area contributed by atoms with Crippen LogP contribution in [-0.2, 0) is 11.3 Å². The summed E-state index contributed by atoms with van der Waals surface area (Å²) in [4.78, 5) is 23.5. The van der Waals surface area contributed by atoms with Crippen LogP contribution in [0.15, 0.2) is 40.5 Å². The average molecular weight is 340 g/mol. The van der Waals surface area contributed by atoms with Gasteiger partial charge in [0.1, 0.15) is 5.03 Å². The van der Waals surface area contributed by atoms with Gasteiger partial charge in [0, 0.05) is 36.9 Å². The maximum Gasteiger partial charge on any atom is 0.311 e. The monoisotopic (exact) mass is 340 g/mol. The fourth-order valence-electron chi connectivity index (χ4n) is 3.88. The molecule has 5 rings (SSSR count). The molecule has 0 bridgehead atoms. The van der Waals surface area contributed by atoms with E-state index in [4.69, 9.17) is 0 Å². The highest BCUT2D eigenvalue weighted by atomic mass is 32.2. The lowest BCUT2D eigenvalue weighted by Crippen LogP contribution is -2.28. The number of fused-ring (bicyclic) bond motifs is 3. The molecule has 1 saturated carbocycles. The van der Waals surface area contributed by atoms with Gasteiger partial charge in [-0.15, -0.1) is 0 Å². The van der Waals surface area contributed by atoms with Gasteiger partial charge in [-0.05, 0) is 30.0 Å². The summed E-state index contributed by atoms with van der Waals surface area (Å²) in [7, 11) is 0. The van der Waals surface area contributed by atoms with Crippen molar-refractivity contribution in [3.05, 3.63) is 36.2 Å². The van der Waals surface area contributed by atoms with E-state index in [0.29, 0.717) is 12.5 Å². The number of carboxylic acids is 1. The molecule has 6 nitrogen and oxygen atoms in total. The van der Waals surface area contributed by atoms with Crippen LogP contribution >= 0.6 is 11.8 Å². The second-order valence-corrected chi connectivity index (χ2v) is 7.83. The standard InChI is InChI=1S/C17H16N4O2S/c22-16(23)17-6-11(17)8-21(9-17)7-10-1-2-13-12(5-10)20-14-15(24-13)19-4-3-18-14/h1-5,11H,6-9H2,(H,18,20)(H,22,23). The van der Waals surface area contributed by atoms with Crippen molar-refractivity contribution in [2.24, 2.45) is 11.3 Å². The Morgan fingerprint density at radius 2 is 2.29 bits per heavy atom. The van der Waals surface area contributed by atoms with Gasteiger partial charge in [0.25, 0.3) is 0 Å². The highest BCUT2D eigenvalue weighted by molar-refractivity contribution is 7.99. The second-order valence-electron chi connectivity index (χ2n) is 6.80. The van der Waals surface area contributed by atoms with Crippen molar-refractivity contribution in [2.75, 3.05) is 18.4 Å². The number of piperidine rings is 1. The summed E-state index contributed by atoms with van der Waals surface area (Å²) in [5.41, 5.74) is 1.77. The number of hydrogen-bond acceptors (Lipinski definition) is 6. The van der Waals surface area contributed by atoms with E-state index in [1.54, 1.807) is 24.2 Å². The number of benzene rings is 1. The third-order valence-electron chi connectivity index (χ3n) is 5.22. The maximum atomic E-state index is 11.4. The SMILES string of the molecule is O=C(O)C12CC1CN(Cc1ccc3c(c1)Nc1nccnc1S3)C2. The van der Waals surface area contributed by atoms with E-state index in [0.717, 1.165) is 40.9 Å². The third kappa shape index (κ3) is 2.12. The van der Waals surface area contributed by atoms with Crippen molar-refractivity contribution in [2.45, 2.75) is 22.9 Å². The fraction of sp³-hybridized carbons (Fsp3) is 0.353. The molecule has 3 aliphatic rings. The first-order chi connectivity index (χ1) is 11.6. The highest BCUT2D eigenvalue weighted by Gasteiger charge is 2.65. The molecule has 7 heteroatoms. The van der Waals surface area contributed by atoms with Crippen molar-refractivity contribution in [3.63, 3.8) is 0 Å². The minimum atomic E-state index is -0.631. The molecule has 1 aromatic carbocycles. The van der Waals surface area contributed by atoms with Gasteiger partial charge in [-0.3, -0.25) is 9.69 Å². The van der Waals surface area contributed by atoms with E-state index in [1.165, 1.54) is 5.56 Å². The van der Waals surface area contributed by atoms with Gasteiger partial charge >= 0.3 is 5.97 Å². The average Bonchev–Trinajstić information content (AvgIpc) is 3.16. The van der Waals surface area contributed by atoms with Crippen LogP contribution in [0, 0.1) is 11.3 Å². The predicted molar refractivity (Wildman–Crippen MR) is 89.3 cm³/mol. The van der Waals surface area contributed by atoms with Gasteiger partial charge in [0.2, 0.25) is 0 Å². The Bertz CT molecular complexity index is 858. The summed E-state index contributed by atoms with van der Waals surface area (Å²) < 4.78 is 0. The van der Waals surface area contributed by atoms with Crippen LogP contribution in [0.1, 0.15) is 12.0 Å². The van der Waals surface area contributed by atoms with E-state index in [2.05, 4.69) is 38.4 Å². The van der Waals surface area contributed by atoms with Crippen molar-refractivity contribution >= 4 is 29.2 Å². The van der Waals surface area contributed by atoms with Crippen LogP contribution in [0.5, 0.6) is 0 Å². The Morgan fingerprint density at radius 1 is 1.42 bits per heavy atom. The minimum absolute atomic E-state index is 0.337. The molecular formula is C17H16N4O2S. The van der Waals surface area contributed by atoms with Crippen LogP contribution in [0.25, 0.3) is 0 Å². The lowest BCUT2D eigenvalue weighted by Gasteiger charge is -2.22. The Labute approximate surface area is 143 Å². The van der Waals surface area contributed by atoms with Crippen LogP contribution in [0.3, 0.4) is 0 Å². The summed E-state index contributed by atoms with van der Waals surface area (Å²) in [6.07, 6.45) is 4.23. The van der Waals surface area contributed by atoms with E-state index in [9.17, 15) is 9.90 Å². The van der Waals surface area contributed by atoms with Gasteiger partial charge in [-0.1, -0.05) is 17.8 Å². The number of hydrogen-bond donors (Lipinski definition) is 2. The van der Waals surface area contributed by atoms with E-state index >= 15 is 0 Å². The van der Waals surface area contributed by atoms with E-state index in [-0.39, 0.29) is 0 Å². The summed E-state index contributed by atoms with van der Waals surface area (Å²) >= 11 is 1.62. The van der Waals surface area contributed by atoms with E-state index in [1.807, 2.05) is 0 Å². The van der Waals surface area contributed by atoms with E-state index < -0.39 is 11.4 Å². The number of likely N-dealkylation sites (tertiary alicyclic amines) is 1. The summed E-state index contributed by atoms with van der Waals surface area (Å²) in [5, 5.41) is 13.6. The lowest BCUT2D eigenvalue weighted by molar-refractivity contribution is -0.143. The molecule has 2 atom stereocenters. The van der Waals surface area contributed by atoms with Gasteiger partial charge in [-0.2, -0.15) is 0 Å². The first-order valence-electron chi connectivity index (χ1n) is 7.99. The maximum absolute atomic E-state index is 11.4. The molecule has 2 fully saturated rings. The first kappa shape index (κ1) is 14.2. The van der Waals surface area contributed by atoms with Gasteiger partial charge < -0.3 is 10.4 Å². The quantitative estimate of drug-likeness (QED) is 0.759. The highest BCUT2D eigenvalue weighted by Crippen LogP contribution is 2.58. The molecule has 3 heterocycles. The number of aliphatic carboxylic acids is 1. The number of carboxylic acid groups (broad SMARTS) is 1. The van der Waals surface area contributed by atoms with Crippen LogP contribution < -0.4 is 5.32 Å².